The molecule has 2 aromatic carbocycles. The number of rotatable bonds is 5. The van der Waals surface area contributed by atoms with Crippen molar-refractivity contribution in [3.05, 3.63) is 77.8 Å². The van der Waals surface area contributed by atoms with Gasteiger partial charge in [0.15, 0.2) is 5.82 Å². The number of nitrogens with zero attached hydrogens (tertiary/aromatic N) is 4. The lowest BCUT2D eigenvalue weighted by Gasteiger charge is -2.34. The van der Waals surface area contributed by atoms with Gasteiger partial charge in [-0.25, -0.2) is 9.37 Å². The summed E-state index contributed by atoms with van der Waals surface area (Å²) in [6.45, 7) is 4.11. The van der Waals surface area contributed by atoms with Crippen LogP contribution in [-0.4, -0.2) is 64.5 Å². The van der Waals surface area contributed by atoms with E-state index in [9.17, 15) is 14.0 Å². The first-order valence-electron chi connectivity index (χ1n) is 11.4. The van der Waals surface area contributed by atoms with Gasteiger partial charge in [0, 0.05) is 43.2 Å². The van der Waals surface area contributed by atoms with Crippen LogP contribution in [0.3, 0.4) is 0 Å². The standard InChI is InChI=1S/C26H24FN5O3/c1-17-14-24(30-35-17)29-25(33)16-31-10-12-32(13-11-31)26(34)21-15-23(18-6-8-19(27)9-7-18)28-22-5-3-2-4-20(21)22/h2-9,14-15H,10-13,16H2,1H3,(H,29,30,33). The van der Waals surface area contributed by atoms with Crippen LogP contribution in [0.25, 0.3) is 22.2 Å². The number of aryl methyl sites for hydroxylation is 1. The molecular formula is C26H24FN5O3. The second-order valence-corrected chi connectivity index (χ2v) is 8.52. The van der Waals surface area contributed by atoms with Crippen LogP contribution in [0.5, 0.6) is 0 Å². The molecule has 3 heterocycles. The molecule has 2 aromatic heterocycles. The average Bonchev–Trinajstić information content (AvgIpc) is 3.28. The fourth-order valence-corrected chi connectivity index (χ4v) is 4.21. The molecule has 0 bridgehead atoms. The van der Waals surface area contributed by atoms with Gasteiger partial charge in [-0.2, -0.15) is 0 Å². The van der Waals surface area contributed by atoms with Crippen molar-refractivity contribution in [2.24, 2.45) is 0 Å². The molecule has 1 aliphatic heterocycles. The highest BCUT2D eigenvalue weighted by Gasteiger charge is 2.25. The first-order chi connectivity index (χ1) is 17.0. The maximum absolute atomic E-state index is 13.5. The average molecular weight is 474 g/mol. The summed E-state index contributed by atoms with van der Waals surface area (Å²) in [5.41, 5.74) is 2.62. The van der Waals surface area contributed by atoms with E-state index in [0.717, 1.165) is 10.9 Å². The summed E-state index contributed by atoms with van der Waals surface area (Å²) < 4.78 is 18.4. The van der Waals surface area contributed by atoms with E-state index in [1.807, 2.05) is 29.2 Å². The molecule has 1 fully saturated rings. The molecule has 8 nitrogen and oxygen atoms in total. The Morgan fingerprint density at radius 1 is 1.03 bits per heavy atom. The predicted molar refractivity (Wildman–Crippen MR) is 129 cm³/mol. The van der Waals surface area contributed by atoms with Crippen molar-refractivity contribution in [1.82, 2.24) is 19.9 Å². The molecule has 1 N–H and O–H groups in total. The molecule has 0 aliphatic carbocycles. The fourth-order valence-electron chi connectivity index (χ4n) is 4.21. The third-order valence-electron chi connectivity index (χ3n) is 6.01. The number of carbonyl (C=O) groups excluding carboxylic acids is 2. The predicted octanol–water partition coefficient (Wildman–Crippen LogP) is 3.73. The van der Waals surface area contributed by atoms with Crippen molar-refractivity contribution in [2.45, 2.75) is 6.92 Å². The molecule has 0 radical (unpaired) electrons. The van der Waals surface area contributed by atoms with Crippen LogP contribution in [0, 0.1) is 12.7 Å². The Labute approximate surface area is 201 Å². The monoisotopic (exact) mass is 473 g/mol. The largest absolute Gasteiger partial charge is 0.360 e. The van der Waals surface area contributed by atoms with E-state index < -0.39 is 0 Å². The van der Waals surface area contributed by atoms with Crippen LogP contribution in [0.15, 0.2) is 65.2 Å². The van der Waals surface area contributed by atoms with Gasteiger partial charge in [0.1, 0.15) is 11.6 Å². The molecule has 5 rings (SSSR count). The van der Waals surface area contributed by atoms with Crippen molar-refractivity contribution in [3.63, 3.8) is 0 Å². The molecule has 0 saturated carbocycles. The van der Waals surface area contributed by atoms with Gasteiger partial charge in [-0.3, -0.25) is 14.5 Å². The maximum Gasteiger partial charge on any atom is 0.254 e. The number of hydrogen-bond donors (Lipinski definition) is 1. The third-order valence-corrected chi connectivity index (χ3v) is 6.01. The van der Waals surface area contributed by atoms with Gasteiger partial charge < -0.3 is 14.7 Å². The summed E-state index contributed by atoms with van der Waals surface area (Å²) in [7, 11) is 0. The Kier molecular flexibility index (Phi) is 6.24. The second-order valence-electron chi connectivity index (χ2n) is 8.52. The number of para-hydroxylation sites is 1. The molecule has 9 heteroatoms. The number of piperazine rings is 1. The SMILES string of the molecule is Cc1cc(NC(=O)CN2CCN(C(=O)c3cc(-c4ccc(F)cc4)nc4ccccc34)CC2)no1. The number of anilines is 1. The summed E-state index contributed by atoms with van der Waals surface area (Å²) in [5.74, 6) is 0.422. The van der Waals surface area contributed by atoms with Gasteiger partial charge in [0.05, 0.1) is 23.3 Å². The Bertz CT molecular complexity index is 1380. The Morgan fingerprint density at radius 3 is 2.49 bits per heavy atom. The van der Waals surface area contributed by atoms with Gasteiger partial charge in [-0.15, -0.1) is 0 Å². The maximum atomic E-state index is 13.5. The van der Waals surface area contributed by atoms with Crippen molar-refractivity contribution in [1.29, 1.82) is 0 Å². The highest BCUT2D eigenvalue weighted by atomic mass is 19.1. The third kappa shape index (κ3) is 5.04. The first-order valence-corrected chi connectivity index (χ1v) is 11.4. The smallest absolute Gasteiger partial charge is 0.254 e. The molecule has 35 heavy (non-hydrogen) atoms. The molecule has 0 unspecified atom stereocenters. The van der Waals surface area contributed by atoms with Crippen LogP contribution < -0.4 is 5.32 Å². The van der Waals surface area contributed by atoms with Crippen LogP contribution in [0.1, 0.15) is 16.1 Å². The number of benzene rings is 2. The van der Waals surface area contributed by atoms with Gasteiger partial charge >= 0.3 is 0 Å². The van der Waals surface area contributed by atoms with Crippen LogP contribution in [-0.2, 0) is 4.79 Å². The summed E-state index contributed by atoms with van der Waals surface area (Å²) in [6, 6.07) is 17.0. The number of pyridine rings is 1. The van der Waals surface area contributed by atoms with Crippen LogP contribution in [0.2, 0.25) is 0 Å². The Hall–Kier alpha value is -4.11. The van der Waals surface area contributed by atoms with Crippen molar-refractivity contribution in [2.75, 3.05) is 38.0 Å². The summed E-state index contributed by atoms with van der Waals surface area (Å²) >= 11 is 0. The van der Waals surface area contributed by atoms with E-state index in [1.54, 1.807) is 36.1 Å². The molecule has 0 atom stereocenters. The quantitative estimate of drug-likeness (QED) is 0.475. The van der Waals surface area contributed by atoms with Crippen LogP contribution in [0.4, 0.5) is 10.2 Å². The van der Waals surface area contributed by atoms with E-state index in [4.69, 9.17) is 4.52 Å². The van der Waals surface area contributed by atoms with E-state index >= 15 is 0 Å². The number of carbonyl (C=O) groups is 2. The lowest BCUT2D eigenvalue weighted by Crippen LogP contribution is -2.50. The zero-order chi connectivity index (χ0) is 24.4. The van der Waals surface area contributed by atoms with Crippen molar-refractivity contribution >= 4 is 28.5 Å². The molecular weight excluding hydrogens is 449 g/mol. The van der Waals surface area contributed by atoms with E-state index in [0.29, 0.717) is 54.5 Å². The van der Waals surface area contributed by atoms with Crippen LogP contribution >= 0.6 is 0 Å². The molecule has 178 valence electrons. The highest BCUT2D eigenvalue weighted by Crippen LogP contribution is 2.26. The summed E-state index contributed by atoms with van der Waals surface area (Å²) in [4.78, 5) is 34.4. The topological polar surface area (TPSA) is 91.6 Å². The number of hydrogen-bond acceptors (Lipinski definition) is 6. The minimum atomic E-state index is -0.325. The molecule has 4 aromatic rings. The zero-order valence-corrected chi connectivity index (χ0v) is 19.2. The van der Waals surface area contributed by atoms with E-state index in [1.165, 1.54) is 12.1 Å². The second kappa shape index (κ2) is 9.63. The highest BCUT2D eigenvalue weighted by molar-refractivity contribution is 6.07. The number of fused-ring (bicyclic) bond motifs is 1. The Morgan fingerprint density at radius 2 is 1.77 bits per heavy atom. The fraction of sp³-hybridized carbons (Fsp3) is 0.231. The van der Waals surface area contributed by atoms with Gasteiger partial charge in [0.25, 0.3) is 5.91 Å². The molecule has 1 aliphatic rings. The lowest BCUT2D eigenvalue weighted by atomic mass is 10.0. The number of halogens is 1. The zero-order valence-electron chi connectivity index (χ0n) is 19.2. The minimum Gasteiger partial charge on any atom is -0.360 e. The Balaban J connectivity index is 1.30. The number of nitrogens with one attached hydrogen (secondary N) is 1. The van der Waals surface area contributed by atoms with Gasteiger partial charge in [0.2, 0.25) is 5.91 Å². The first kappa shape index (κ1) is 22.7. The molecule has 1 saturated heterocycles. The minimum absolute atomic E-state index is 0.0888. The normalized spacial score (nSPS) is 14.3. The number of aromatic nitrogens is 2. The van der Waals surface area contributed by atoms with Crippen molar-refractivity contribution < 1.29 is 18.5 Å². The van der Waals surface area contributed by atoms with Gasteiger partial charge in [-0.05, 0) is 43.3 Å². The van der Waals surface area contributed by atoms with Crippen molar-refractivity contribution in [3.8, 4) is 11.3 Å². The summed E-state index contributed by atoms with van der Waals surface area (Å²) in [5, 5.41) is 7.26. The number of amides is 2. The van der Waals surface area contributed by atoms with Gasteiger partial charge in [-0.1, -0.05) is 23.4 Å². The lowest BCUT2D eigenvalue weighted by molar-refractivity contribution is -0.117. The molecule has 0 spiro atoms. The van der Waals surface area contributed by atoms with E-state index in [2.05, 4.69) is 15.5 Å². The molecule has 2 amide bonds. The van der Waals surface area contributed by atoms with E-state index in [-0.39, 0.29) is 24.2 Å². The summed E-state index contributed by atoms with van der Waals surface area (Å²) in [6.07, 6.45) is 0.